The number of allylic oxidation sites excluding steroid dienone is 1. The average molecular weight is 436 g/mol. The van der Waals surface area contributed by atoms with Gasteiger partial charge in [0.2, 0.25) is 0 Å². The Morgan fingerprint density at radius 1 is 1.31 bits per heavy atom. The quantitative estimate of drug-likeness (QED) is 0.248. The van der Waals surface area contributed by atoms with Crippen LogP contribution in [0.5, 0.6) is 5.75 Å². The molecule has 0 atom stereocenters. The minimum absolute atomic E-state index is 0.0215. The summed E-state index contributed by atoms with van der Waals surface area (Å²) >= 11 is 7.19. The molecule has 0 radical (unpaired) electrons. The van der Waals surface area contributed by atoms with Crippen molar-refractivity contribution in [3.63, 3.8) is 0 Å². The molecule has 0 saturated heterocycles. The van der Waals surface area contributed by atoms with E-state index in [9.17, 15) is 10.1 Å². The van der Waals surface area contributed by atoms with E-state index in [0.29, 0.717) is 29.7 Å². The highest BCUT2D eigenvalue weighted by atomic mass is 35.5. The first kappa shape index (κ1) is 22.7. The molecule has 0 spiro atoms. The Hall–Kier alpha value is -2.60. The van der Waals surface area contributed by atoms with Crippen molar-refractivity contribution < 1.29 is 19.0 Å². The van der Waals surface area contributed by atoms with Crippen molar-refractivity contribution in [2.75, 3.05) is 20.3 Å². The summed E-state index contributed by atoms with van der Waals surface area (Å²) in [6.07, 6.45) is 2.19. The third kappa shape index (κ3) is 7.38. The molecule has 0 fully saturated rings. The van der Waals surface area contributed by atoms with E-state index in [0.717, 1.165) is 16.2 Å². The fraction of sp³-hybridized carbons (Fsp3) is 0.350. The number of rotatable bonds is 11. The summed E-state index contributed by atoms with van der Waals surface area (Å²) in [6, 6.07) is 9.48. The fourth-order valence-electron chi connectivity index (χ4n) is 2.33. The number of esters is 1. The number of thiazole rings is 1. The maximum Gasteiger partial charge on any atom is 0.350 e. The summed E-state index contributed by atoms with van der Waals surface area (Å²) in [4.78, 5) is 17.0. The molecule has 0 amide bonds. The number of ether oxygens (including phenoxy) is 3. The van der Waals surface area contributed by atoms with E-state index in [4.69, 9.17) is 25.8 Å². The predicted octanol–water partition coefficient (Wildman–Crippen LogP) is 3.84. The Labute approximate surface area is 178 Å². The number of nitrogens with one attached hydrogen (secondary N) is 1. The van der Waals surface area contributed by atoms with Crippen LogP contribution in [0.4, 0.5) is 0 Å². The van der Waals surface area contributed by atoms with Gasteiger partial charge >= 0.3 is 5.97 Å². The molecule has 1 aromatic carbocycles. The second-order valence-corrected chi connectivity index (χ2v) is 7.51. The normalized spacial score (nSPS) is 11.4. The zero-order valence-corrected chi connectivity index (χ0v) is 17.8. The molecule has 0 saturated carbocycles. The Kier molecular flexibility index (Phi) is 9.44. The minimum Gasteiger partial charge on any atom is -0.488 e. The van der Waals surface area contributed by atoms with Crippen molar-refractivity contribution in [2.24, 2.45) is 0 Å². The fourth-order valence-corrected chi connectivity index (χ4v) is 3.22. The maximum absolute atomic E-state index is 12.1. The molecule has 2 aromatic rings. The van der Waals surface area contributed by atoms with Gasteiger partial charge < -0.3 is 19.5 Å². The first-order valence-corrected chi connectivity index (χ1v) is 10.1. The molecular formula is C20H22ClN3O4S. The van der Waals surface area contributed by atoms with Crippen LogP contribution in [-0.4, -0.2) is 31.3 Å². The number of benzene rings is 1. The monoisotopic (exact) mass is 435 g/mol. The van der Waals surface area contributed by atoms with E-state index in [-0.39, 0.29) is 18.8 Å². The van der Waals surface area contributed by atoms with Crippen LogP contribution in [0.3, 0.4) is 0 Å². The highest BCUT2D eigenvalue weighted by Crippen LogP contribution is 2.20. The molecule has 7 nitrogen and oxygen atoms in total. The van der Waals surface area contributed by atoms with Crippen LogP contribution in [0.1, 0.15) is 23.8 Å². The lowest BCUT2D eigenvalue weighted by molar-refractivity contribution is -0.139. The number of hydrogen-bond acceptors (Lipinski definition) is 8. The highest BCUT2D eigenvalue weighted by molar-refractivity contribution is 7.15. The van der Waals surface area contributed by atoms with Gasteiger partial charge in [0.15, 0.2) is 10.0 Å². The minimum atomic E-state index is -0.652. The van der Waals surface area contributed by atoms with Crippen LogP contribution in [0.25, 0.3) is 0 Å². The lowest BCUT2D eigenvalue weighted by Crippen LogP contribution is -2.20. The number of carbonyl (C=O) groups excluding carboxylic acids is 1. The molecule has 29 heavy (non-hydrogen) atoms. The van der Waals surface area contributed by atoms with Crippen LogP contribution in [0.15, 0.2) is 41.7 Å². The van der Waals surface area contributed by atoms with E-state index in [1.807, 2.05) is 37.3 Å². The molecule has 2 rings (SSSR count). The topological polar surface area (TPSA) is 93.5 Å². The van der Waals surface area contributed by atoms with Crippen molar-refractivity contribution in [1.82, 2.24) is 10.3 Å². The number of nitrogens with zero attached hydrogens (tertiary/aromatic N) is 2. The molecule has 0 aliphatic rings. The predicted molar refractivity (Wildman–Crippen MR) is 111 cm³/mol. The van der Waals surface area contributed by atoms with Crippen LogP contribution in [0.2, 0.25) is 4.47 Å². The number of hydrogen-bond donors (Lipinski definition) is 1. The third-order valence-corrected chi connectivity index (χ3v) is 4.92. The van der Waals surface area contributed by atoms with Crippen molar-refractivity contribution in [1.29, 1.82) is 5.26 Å². The van der Waals surface area contributed by atoms with Gasteiger partial charge in [0.05, 0.1) is 11.5 Å². The molecule has 0 aliphatic heterocycles. The number of nitriles is 1. The van der Waals surface area contributed by atoms with Crippen molar-refractivity contribution in [3.8, 4) is 11.8 Å². The summed E-state index contributed by atoms with van der Waals surface area (Å²) in [6.45, 7) is 3.12. The molecule has 0 aliphatic carbocycles. The Morgan fingerprint density at radius 2 is 2.07 bits per heavy atom. The Morgan fingerprint density at radius 3 is 2.66 bits per heavy atom. The number of aromatic nitrogens is 1. The van der Waals surface area contributed by atoms with Crippen molar-refractivity contribution in [3.05, 3.63) is 56.6 Å². The number of carbonyl (C=O) groups is 1. The number of halogens is 1. The summed E-state index contributed by atoms with van der Waals surface area (Å²) in [7, 11) is 1.51. The average Bonchev–Trinajstić information content (AvgIpc) is 3.15. The smallest absolute Gasteiger partial charge is 0.350 e. The molecule has 1 heterocycles. The second kappa shape index (κ2) is 12.1. The lowest BCUT2D eigenvalue weighted by atomic mass is 10.1. The largest absolute Gasteiger partial charge is 0.488 e. The molecule has 1 N–H and O–H groups in total. The second-order valence-electron chi connectivity index (χ2n) is 5.81. The summed E-state index contributed by atoms with van der Waals surface area (Å²) in [5.74, 6) is 0.0739. The Balaban J connectivity index is 1.92. The SMILES string of the molecule is CC/C(NCc1ccc(OCc2cnc(Cl)s2)cc1)=C(\C#N)C(=O)OCCOC. The van der Waals surface area contributed by atoms with E-state index < -0.39 is 5.97 Å². The Bertz CT molecular complexity index is 875. The van der Waals surface area contributed by atoms with Crippen LogP contribution < -0.4 is 10.1 Å². The van der Waals surface area contributed by atoms with E-state index in [2.05, 4.69) is 10.3 Å². The van der Waals surface area contributed by atoms with Gasteiger partial charge in [-0.1, -0.05) is 30.7 Å². The molecule has 0 bridgehead atoms. The molecule has 1 aromatic heterocycles. The van der Waals surface area contributed by atoms with Crippen molar-refractivity contribution in [2.45, 2.75) is 26.5 Å². The maximum atomic E-state index is 12.1. The van der Waals surface area contributed by atoms with Crippen LogP contribution >= 0.6 is 22.9 Å². The molecule has 9 heteroatoms. The van der Waals surface area contributed by atoms with Gasteiger partial charge in [-0.15, -0.1) is 11.3 Å². The van der Waals surface area contributed by atoms with Crippen LogP contribution in [0, 0.1) is 11.3 Å². The van der Waals surface area contributed by atoms with Gasteiger partial charge in [-0.2, -0.15) is 5.26 Å². The van der Waals surface area contributed by atoms with E-state index in [1.54, 1.807) is 6.20 Å². The van der Waals surface area contributed by atoms with Crippen LogP contribution in [-0.2, 0) is 27.4 Å². The first-order chi connectivity index (χ1) is 14.1. The van der Waals surface area contributed by atoms with Gasteiger partial charge in [-0.25, -0.2) is 9.78 Å². The lowest BCUT2D eigenvalue weighted by Gasteiger charge is -2.12. The standard InChI is InChI=1S/C20H22ClN3O4S/c1-3-18(17(10-22)19(25)27-9-8-26-2)23-11-14-4-6-15(7-5-14)28-13-16-12-24-20(21)29-16/h4-7,12,23H,3,8-9,11,13H2,1-2H3/b18-17-. The van der Waals surface area contributed by atoms with Gasteiger partial charge in [-0.05, 0) is 24.1 Å². The summed E-state index contributed by atoms with van der Waals surface area (Å²) in [5, 5.41) is 12.5. The van der Waals surface area contributed by atoms with Gasteiger partial charge in [0.1, 0.15) is 25.0 Å². The number of methoxy groups -OCH3 is 1. The summed E-state index contributed by atoms with van der Waals surface area (Å²) in [5.41, 5.74) is 1.50. The molecular weight excluding hydrogens is 414 g/mol. The van der Waals surface area contributed by atoms with Gasteiger partial charge in [0, 0.05) is 25.5 Å². The van der Waals surface area contributed by atoms with E-state index >= 15 is 0 Å². The zero-order valence-electron chi connectivity index (χ0n) is 16.2. The van der Waals surface area contributed by atoms with Crippen molar-refractivity contribution >= 4 is 28.9 Å². The highest BCUT2D eigenvalue weighted by Gasteiger charge is 2.16. The van der Waals surface area contributed by atoms with E-state index in [1.165, 1.54) is 18.4 Å². The molecule has 154 valence electrons. The zero-order chi connectivity index (χ0) is 21.1. The van der Waals surface area contributed by atoms with Gasteiger partial charge in [-0.3, -0.25) is 0 Å². The third-order valence-electron chi connectivity index (χ3n) is 3.83. The summed E-state index contributed by atoms with van der Waals surface area (Å²) < 4.78 is 16.1. The van der Waals surface area contributed by atoms with Gasteiger partial charge in [0.25, 0.3) is 0 Å². The first-order valence-electron chi connectivity index (χ1n) is 8.92. The molecule has 0 unspecified atom stereocenters.